The standard InChI is InChI=1S/C15H20N4O/c16-18-14-6-7-17-15(10-14)12-19(8-9-20)11-13-4-2-1-3-5-13/h1-7,10,20H,8-9,11-12,16H2,(H,17,18). The zero-order valence-electron chi connectivity index (χ0n) is 11.4. The van der Waals surface area contributed by atoms with Gasteiger partial charge in [-0.2, -0.15) is 0 Å². The number of nitrogens with two attached hydrogens (primary N) is 1. The summed E-state index contributed by atoms with van der Waals surface area (Å²) >= 11 is 0. The summed E-state index contributed by atoms with van der Waals surface area (Å²) in [7, 11) is 0. The van der Waals surface area contributed by atoms with Crippen LogP contribution in [0.25, 0.3) is 0 Å². The molecule has 0 saturated carbocycles. The van der Waals surface area contributed by atoms with Crippen molar-refractivity contribution in [1.82, 2.24) is 9.88 Å². The number of nitrogen functional groups attached to an aromatic ring is 1. The normalized spacial score (nSPS) is 10.8. The molecule has 20 heavy (non-hydrogen) atoms. The Kier molecular flexibility index (Phi) is 5.49. The van der Waals surface area contributed by atoms with Gasteiger partial charge >= 0.3 is 0 Å². The highest BCUT2D eigenvalue weighted by molar-refractivity contribution is 5.41. The number of aliphatic hydroxyl groups excluding tert-OH is 1. The predicted octanol–water partition coefficient (Wildman–Crippen LogP) is 1.36. The number of hydrogen-bond acceptors (Lipinski definition) is 5. The van der Waals surface area contributed by atoms with Crippen LogP contribution in [0.1, 0.15) is 11.3 Å². The Morgan fingerprint density at radius 3 is 2.65 bits per heavy atom. The van der Waals surface area contributed by atoms with E-state index in [2.05, 4.69) is 27.4 Å². The average Bonchev–Trinajstić information content (AvgIpc) is 2.49. The maximum atomic E-state index is 9.20. The van der Waals surface area contributed by atoms with Gasteiger partial charge in [-0.25, -0.2) is 0 Å². The molecule has 4 N–H and O–H groups in total. The van der Waals surface area contributed by atoms with E-state index >= 15 is 0 Å². The fraction of sp³-hybridized carbons (Fsp3) is 0.267. The third kappa shape index (κ3) is 4.31. The number of anilines is 1. The first-order valence-electron chi connectivity index (χ1n) is 6.60. The van der Waals surface area contributed by atoms with Crippen molar-refractivity contribution in [2.45, 2.75) is 13.1 Å². The van der Waals surface area contributed by atoms with Crippen LogP contribution in [0.3, 0.4) is 0 Å². The third-order valence-electron chi connectivity index (χ3n) is 3.03. The second-order valence-corrected chi connectivity index (χ2v) is 4.60. The average molecular weight is 272 g/mol. The van der Waals surface area contributed by atoms with E-state index in [1.165, 1.54) is 5.56 Å². The second-order valence-electron chi connectivity index (χ2n) is 4.60. The van der Waals surface area contributed by atoms with Gasteiger partial charge in [0.15, 0.2) is 0 Å². The Morgan fingerprint density at radius 2 is 1.95 bits per heavy atom. The Labute approximate surface area is 119 Å². The molecular weight excluding hydrogens is 252 g/mol. The van der Waals surface area contributed by atoms with Crippen LogP contribution in [0.15, 0.2) is 48.7 Å². The fourth-order valence-corrected chi connectivity index (χ4v) is 2.08. The molecule has 0 aliphatic rings. The molecule has 106 valence electrons. The van der Waals surface area contributed by atoms with Crippen molar-refractivity contribution >= 4 is 5.69 Å². The zero-order valence-corrected chi connectivity index (χ0v) is 11.4. The number of pyridine rings is 1. The third-order valence-corrected chi connectivity index (χ3v) is 3.03. The van der Waals surface area contributed by atoms with Gasteiger partial charge in [-0.1, -0.05) is 30.3 Å². The predicted molar refractivity (Wildman–Crippen MR) is 79.7 cm³/mol. The lowest BCUT2D eigenvalue weighted by Crippen LogP contribution is -2.26. The summed E-state index contributed by atoms with van der Waals surface area (Å²) in [5, 5.41) is 9.20. The smallest absolute Gasteiger partial charge is 0.0565 e. The topological polar surface area (TPSA) is 74.4 Å². The minimum absolute atomic E-state index is 0.127. The summed E-state index contributed by atoms with van der Waals surface area (Å²) in [6, 6.07) is 13.9. The highest BCUT2D eigenvalue weighted by Gasteiger charge is 2.08. The van der Waals surface area contributed by atoms with E-state index in [0.29, 0.717) is 13.1 Å². The molecule has 2 rings (SSSR count). The summed E-state index contributed by atoms with van der Waals surface area (Å²) in [4.78, 5) is 6.48. The van der Waals surface area contributed by atoms with E-state index in [9.17, 15) is 5.11 Å². The van der Waals surface area contributed by atoms with Crippen LogP contribution in [-0.2, 0) is 13.1 Å². The van der Waals surface area contributed by atoms with Gasteiger partial charge in [0.25, 0.3) is 0 Å². The summed E-state index contributed by atoms with van der Waals surface area (Å²) in [6.45, 7) is 2.19. The van der Waals surface area contributed by atoms with E-state index in [-0.39, 0.29) is 6.61 Å². The van der Waals surface area contributed by atoms with Gasteiger partial charge in [-0.05, 0) is 17.7 Å². The van der Waals surface area contributed by atoms with Crippen LogP contribution in [-0.4, -0.2) is 28.1 Å². The molecule has 0 amide bonds. The van der Waals surface area contributed by atoms with E-state index in [0.717, 1.165) is 17.9 Å². The number of aromatic nitrogens is 1. The largest absolute Gasteiger partial charge is 0.395 e. The summed E-state index contributed by atoms with van der Waals surface area (Å²) < 4.78 is 0. The van der Waals surface area contributed by atoms with Gasteiger partial charge in [0, 0.05) is 25.8 Å². The number of nitrogens with one attached hydrogen (secondary N) is 1. The second kappa shape index (κ2) is 7.59. The van der Waals surface area contributed by atoms with Crippen molar-refractivity contribution in [3.05, 3.63) is 59.9 Å². The van der Waals surface area contributed by atoms with Crippen LogP contribution in [0.2, 0.25) is 0 Å². The molecule has 0 atom stereocenters. The molecular formula is C15H20N4O. The van der Waals surface area contributed by atoms with E-state index in [1.807, 2.05) is 30.3 Å². The van der Waals surface area contributed by atoms with Crippen molar-refractivity contribution in [2.24, 2.45) is 5.84 Å². The Balaban J connectivity index is 2.04. The number of hydrogen-bond donors (Lipinski definition) is 3. The molecule has 5 heteroatoms. The molecule has 0 spiro atoms. The zero-order chi connectivity index (χ0) is 14.2. The minimum atomic E-state index is 0.127. The molecule has 0 aliphatic heterocycles. The first-order chi connectivity index (χ1) is 9.81. The molecule has 0 unspecified atom stereocenters. The van der Waals surface area contributed by atoms with Gasteiger partial charge in [0.2, 0.25) is 0 Å². The Morgan fingerprint density at radius 1 is 1.15 bits per heavy atom. The number of nitrogens with zero attached hydrogens (tertiary/aromatic N) is 2. The van der Waals surface area contributed by atoms with Crippen molar-refractivity contribution < 1.29 is 5.11 Å². The molecule has 0 saturated heterocycles. The number of rotatable bonds is 7. The molecule has 0 aliphatic carbocycles. The van der Waals surface area contributed by atoms with Gasteiger partial charge in [0.05, 0.1) is 18.0 Å². The van der Waals surface area contributed by atoms with Crippen LogP contribution in [0.4, 0.5) is 5.69 Å². The monoisotopic (exact) mass is 272 g/mol. The van der Waals surface area contributed by atoms with E-state index in [1.54, 1.807) is 6.20 Å². The maximum absolute atomic E-state index is 9.20. The SMILES string of the molecule is NNc1ccnc(CN(CCO)Cc2ccccc2)c1. The van der Waals surface area contributed by atoms with E-state index in [4.69, 9.17) is 5.84 Å². The highest BCUT2D eigenvalue weighted by Crippen LogP contribution is 2.11. The Bertz CT molecular complexity index is 518. The maximum Gasteiger partial charge on any atom is 0.0565 e. The van der Waals surface area contributed by atoms with Crippen molar-refractivity contribution in [2.75, 3.05) is 18.6 Å². The molecule has 0 radical (unpaired) electrons. The molecule has 2 aromatic rings. The highest BCUT2D eigenvalue weighted by atomic mass is 16.3. The van der Waals surface area contributed by atoms with Gasteiger partial charge < -0.3 is 10.5 Å². The number of benzene rings is 1. The lowest BCUT2D eigenvalue weighted by Gasteiger charge is -2.21. The van der Waals surface area contributed by atoms with Crippen LogP contribution < -0.4 is 11.3 Å². The summed E-state index contributed by atoms with van der Waals surface area (Å²) in [5.41, 5.74) is 5.58. The minimum Gasteiger partial charge on any atom is -0.395 e. The van der Waals surface area contributed by atoms with E-state index < -0.39 is 0 Å². The first kappa shape index (κ1) is 14.5. The first-order valence-corrected chi connectivity index (χ1v) is 6.60. The molecule has 5 nitrogen and oxygen atoms in total. The lowest BCUT2D eigenvalue weighted by atomic mass is 10.2. The number of aliphatic hydroxyl groups is 1. The summed E-state index contributed by atoms with van der Waals surface area (Å²) in [6.07, 6.45) is 1.73. The number of hydrazine groups is 1. The van der Waals surface area contributed by atoms with Crippen molar-refractivity contribution in [3.8, 4) is 0 Å². The molecule has 1 aromatic carbocycles. The molecule has 0 fully saturated rings. The van der Waals surface area contributed by atoms with Gasteiger partial charge in [-0.3, -0.25) is 15.7 Å². The summed E-state index contributed by atoms with van der Waals surface area (Å²) in [5.74, 6) is 5.40. The lowest BCUT2D eigenvalue weighted by molar-refractivity contribution is 0.183. The molecule has 1 heterocycles. The van der Waals surface area contributed by atoms with Crippen molar-refractivity contribution in [3.63, 3.8) is 0 Å². The van der Waals surface area contributed by atoms with Crippen LogP contribution in [0.5, 0.6) is 0 Å². The fourth-order valence-electron chi connectivity index (χ4n) is 2.08. The van der Waals surface area contributed by atoms with Crippen molar-refractivity contribution in [1.29, 1.82) is 0 Å². The van der Waals surface area contributed by atoms with Gasteiger partial charge in [0.1, 0.15) is 0 Å². The molecule has 0 bridgehead atoms. The van der Waals surface area contributed by atoms with Crippen LogP contribution >= 0.6 is 0 Å². The van der Waals surface area contributed by atoms with Crippen LogP contribution in [0, 0.1) is 0 Å². The molecule has 1 aromatic heterocycles. The quantitative estimate of drug-likeness (QED) is 0.524. The Hall–Kier alpha value is -1.95. The van der Waals surface area contributed by atoms with Gasteiger partial charge in [-0.15, -0.1) is 0 Å².